The van der Waals surface area contributed by atoms with Gasteiger partial charge in [0.1, 0.15) is 6.10 Å². The minimum atomic E-state index is -1.39. The molecule has 0 saturated carbocycles. The number of rotatable bonds is 4. The van der Waals surface area contributed by atoms with Crippen LogP contribution in [0, 0.1) is 29.6 Å². The van der Waals surface area contributed by atoms with E-state index in [1.165, 1.54) is 26.0 Å². The highest BCUT2D eigenvalue weighted by Crippen LogP contribution is 2.51. The molecule has 1 saturated heterocycles. The largest absolute Gasteiger partial charge is 0.458 e. The summed E-state index contributed by atoms with van der Waals surface area (Å²) in [5.41, 5.74) is 0.712. The second kappa shape index (κ2) is 11.2. The van der Waals surface area contributed by atoms with Crippen LogP contribution < -0.4 is 5.32 Å². The summed E-state index contributed by atoms with van der Waals surface area (Å²) in [6.45, 7) is 14.8. The van der Waals surface area contributed by atoms with Gasteiger partial charge in [-0.2, -0.15) is 0 Å². The summed E-state index contributed by atoms with van der Waals surface area (Å²) in [5.74, 6) is -2.64. The van der Waals surface area contributed by atoms with Gasteiger partial charge in [0.05, 0.1) is 0 Å². The summed E-state index contributed by atoms with van der Waals surface area (Å²) < 4.78 is 17.2. The van der Waals surface area contributed by atoms with Crippen molar-refractivity contribution in [2.75, 3.05) is 0 Å². The van der Waals surface area contributed by atoms with Crippen LogP contribution in [-0.4, -0.2) is 47.7 Å². The van der Waals surface area contributed by atoms with Gasteiger partial charge in [-0.1, -0.05) is 51.0 Å². The Morgan fingerprint density at radius 1 is 1.11 bits per heavy atom. The predicted octanol–water partition coefficient (Wildman–Crippen LogP) is 4.05. The average Bonchev–Trinajstić information content (AvgIpc) is 3.03. The number of hydrogen-bond donors (Lipinski definition) is 1. The van der Waals surface area contributed by atoms with E-state index < -0.39 is 41.6 Å². The molecule has 0 unspecified atom stereocenters. The van der Waals surface area contributed by atoms with Gasteiger partial charge in [0.2, 0.25) is 5.60 Å². The minimum Gasteiger partial charge on any atom is -0.458 e. The zero-order chi connectivity index (χ0) is 27.7. The van der Waals surface area contributed by atoms with Gasteiger partial charge in [-0.25, -0.2) is 4.79 Å². The van der Waals surface area contributed by atoms with Crippen molar-refractivity contribution in [3.05, 3.63) is 35.5 Å². The van der Waals surface area contributed by atoms with E-state index >= 15 is 0 Å². The van der Waals surface area contributed by atoms with Crippen molar-refractivity contribution in [2.45, 2.75) is 92.1 Å². The molecule has 8 nitrogen and oxygen atoms in total. The highest BCUT2D eigenvalue weighted by atomic mass is 16.6. The van der Waals surface area contributed by atoms with E-state index in [4.69, 9.17) is 14.2 Å². The quantitative estimate of drug-likeness (QED) is 0.342. The minimum absolute atomic E-state index is 0.0263. The Hall–Kier alpha value is -2.90. The van der Waals surface area contributed by atoms with Crippen molar-refractivity contribution >= 4 is 23.8 Å². The van der Waals surface area contributed by atoms with Gasteiger partial charge in [0.15, 0.2) is 6.10 Å². The third-order valence-corrected chi connectivity index (χ3v) is 7.81. The summed E-state index contributed by atoms with van der Waals surface area (Å²) in [5, 5.41) is 3.16. The molecule has 37 heavy (non-hydrogen) atoms. The molecule has 8 atom stereocenters. The van der Waals surface area contributed by atoms with Crippen molar-refractivity contribution in [3.63, 3.8) is 0 Å². The summed E-state index contributed by atoms with van der Waals surface area (Å²) in [6, 6.07) is -0.131. The Morgan fingerprint density at radius 3 is 2.35 bits per heavy atom. The second-order valence-electron chi connectivity index (χ2n) is 11.4. The van der Waals surface area contributed by atoms with Crippen molar-refractivity contribution in [1.82, 2.24) is 5.32 Å². The Morgan fingerprint density at radius 2 is 1.76 bits per heavy atom. The van der Waals surface area contributed by atoms with E-state index in [1.54, 1.807) is 0 Å². The Labute approximate surface area is 219 Å². The lowest BCUT2D eigenvalue weighted by atomic mass is 9.63. The fourth-order valence-electron chi connectivity index (χ4n) is 6.30. The third-order valence-electron chi connectivity index (χ3n) is 7.81. The Bertz CT molecular complexity index is 1030. The van der Waals surface area contributed by atoms with Gasteiger partial charge >= 0.3 is 17.9 Å². The standard InChI is InChI=1S/C29H41NO7/c1-15(2)11-23-26-19(6)17(4)14-22-13-16(3)12-18(5)27(36-21(8)32)24(35-20(7)31)9-10-25(33)37-29(22,26)28(34)30-23/h9-10,13-15,18-19,22-24,26-27H,11-12H2,1-8H3,(H,30,34)/b10-9+,16-13+/t18-,19+,22-,23-,24+,26-,27-,29+/m0/s1. The molecular weight excluding hydrogens is 474 g/mol. The molecule has 8 heteroatoms. The number of allylic oxidation sites excluding steroid dienone is 2. The van der Waals surface area contributed by atoms with Gasteiger partial charge in [-0.05, 0) is 44.6 Å². The number of amides is 1. The lowest BCUT2D eigenvalue weighted by molar-refractivity contribution is -0.172. The van der Waals surface area contributed by atoms with E-state index in [0.29, 0.717) is 12.3 Å². The first-order valence-corrected chi connectivity index (χ1v) is 13.2. The van der Waals surface area contributed by atoms with Crippen LogP contribution in [0.15, 0.2) is 35.5 Å². The molecule has 1 aliphatic carbocycles. The molecule has 1 spiro atoms. The fourth-order valence-corrected chi connectivity index (χ4v) is 6.30. The number of carbonyl (C=O) groups is 4. The van der Waals surface area contributed by atoms with E-state index in [-0.39, 0.29) is 29.7 Å². The van der Waals surface area contributed by atoms with Gasteiger partial charge in [0.25, 0.3) is 5.91 Å². The monoisotopic (exact) mass is 515 g/mol. The van der Waals surface area contributed by atoms with Crippen molar-refractivity contribution in [1.29, 1.82) is 0 Å². The molecule has 2 heterocycles. The van der Waals surface area contributed by atoms with Crippen LogP contribution in [0.1, 0.15) is 68.2 Å². The SMILES string of the molecule is CC(=O)O[C@H]1[C@@H](C)C/C(C)=C/[C@H]2C=C(C)[C@@H](C)[C@H]3[C@H](CC(C)C)NC(=O)[C@]32OC(=O)/C=C/[C@H]1OC(C)=O. The van der Waals surface area contributed by atoms with Crippen LogP contribution in [0.25, 0.3) is 0 Å². The van der Waals surface area contributed by atoms with E-state index in [9.17, 15) is 19.2 Å². The molecule has 0 aromatic carbocycles. The van der Waals surface area contributed by atoms with Crippen molar-refractivity contribution < 1.29 is 33.4 Å². The van der Waals surface area contributed by atoms with E-state index in [0.717, 1.165) is 17.6 Å². The van der Waals surface area contributed by atoms with Crippen LogP contribution >= 0.6 is 0 Å². The van der Waals surface area contributed by atoms with Crippen LogP contribution in [0.5, 0.6) is 0 Å². The number of nitrogens with one attached hydrogen (secondary N) is 1. The first-order valence-electron chi connectivity index (χ1n) is 13.2. The number of carbonyl (C=O) groups excluding carboxylic acids is 4. The molecule has 0 aromatic rings. The van der Waals surface area contributed by atoms with Crippen molar-refractivity contribution in [2.24, 2.45) is 29.6 Å². The Kier molecular flexibility index (Phi) is 8.70. The molecule has 204 valence electrons. The normalized spacial score (nSPS) is 38.4. The molecule has 0 bridgehead atoms. The maximum Gasteiger partial charge on any atom is 0.331 e. The fraction of sp³-hybridized carbons (Fsp3) is 0.655. The van der Waals surface area contributed by atoms with Crippen molar-refractivity contribution in [3.8, 4) is 0 Å². The average molecular weight is 516 g/mol. The summed E-state index contributed by atoms with van der Waals surface area (Å²) in [4.78, 5) is 50.8. The van der Waals surface area contributed by atoms with Crippen LogP contribution in [0.2, 0.25) is 0 Å². The second-order valence-corrected chi connectivity index (χ2v) is 11.4. The molecule has 3 rings (SSSR count). The summed E-state index contributed by atoms with van der Waals surface area (Å²) >= 11 is 0. The Balaban J connectivity index is 2.15. The highest BCUT2D eigenvalue weighted by Gasteiger charge is 2.64. The number of ether oxygens (including phenoxy) is 3. The first kappa shape index (κ1) is 28.7. The van der Waals surface area contributed by atoms with Gasteiger partial charge in [0, 0.05) is 43.7 Å². The van der Waals surface area contributed by atoms with Crippen LogP contribution in [-0.2, 0) is 33.4 Å². The highest BCUT2D eigenvalue weighted by molar-refractivity contribution is 5.94. The van der Waals surface area contributed by atoms with E-state index in [1.807, 2.05) is 26.0 Å². The third kappa shape index (κ3) is 5.99. The molecular formula is C29H41NO7. The summed E-state index contributed by atoms with van der Waals surface area (Å²) in [7, 11) is 0. The zero-order valence-electron chi connectivity index (χ0n) is 23.2. The van der Waals surface area contributed by atoms with E-state index in [2.05, 4.69) is 33.0 Å². The maximum absolute atomic E-state index is 13.7. The van der Waals surface area contributed by atoms with Crippen LogP contribution in [0.3, 0.4) is 0 Å². The molecule has 2 aliphatic heterocycles. The molecule has 1 N–H and O–H groups in total. The number of hydrogen-bond acceptors (Lipinski definition) is 7. The molecule has 0 radical (unpaired) electrons. The predicted molar refractivity (Wildman–Crippen MR) is 138 cm³/mol. The molecule has 1 fully saturated rings. The number of esters is 3. The molecule has 1 amide bonds. The topological polar surface area (TPSA) is 108 Å². The van der Waals surface area contributed by atoms with Crippen LogP contribution in [0.4, 0.5) is 0 Å². The lowest BCUT2D eigenvalue weighted by Crippen LogP contribution is -2.56. The zero-order valence-corrected chi connectivity index (χ0v) is 23.2. The smallest absolute Gasteiger partial charge is 0.331 e. The molecule has 0 aromatic heterocycles. The van der Waals surface area contributed by atoms with Gasteiger partial charge < -0.3 is 19.5 Å². The van der Waals surface area contributed by atoms with Gasteiger partial charge in [-0.15, -0.1) is 0 Å². The molecule has 3 aliphatic rings. The first-order chi connectivity index (χ1) is 17.3. The van der Waals surface area contributed by atoms with Gasteiger partial charge in [-0.3, -0.25) is 14.4 Å². The summed E-state index contributed by atoms with van der Waals surface area (Å²) in [6.07, 6.45) is 6.11. The maximum atomic E-state index is 13.7. The lowest BCUT2D eigenvalue weighted by Gasteiger charge is -2.45.